The quantitative estimate of drug-likeness (QED) is 0.229. The van der Waals surface area contributed by atoms with Gasteiger partial charge in [0.25, 0.3) is 0 Å². The van der Waals surface area contributed by atoms with Crippen LogP contribution in [0.4, 0.5) is 28.8 Å². The van der Waals surface area contributed by atoms with E-state index in [-0.39, 0.29) is 5.91 Å². The number of hydrogen-bond donors (Lipinski definition) is 2. The van der Waals surface area contributed by atoms with E-state index in [1.54, 1.807) is 32.6 Å². The molecule has 0 bridgehead atoms. The maximum Gasteiger partial charge on any atom is 0.229 e. The summed E-state index contributed by atoms with van der Waals surface area (Å²) < 4.78 is 6.61. The monoisotopic (exact) mass is 705 g/mol. The van der Waals surface area contributed by atoms with Crippen LogP contribution in [-0.2, 0) is 4.79 Å². The number of aryl methyl sites for hydroxylation is 1. The zero-order valence-corrected chi connectivity index (χ0v) is 29.5. The number of nitrogens with one attached hydrogen (secondary N) is 2. The molecular weight excluding hydrogens is 665 g/mol. The molecule has 11 nitrogen and oxygen atoms in total. The summed E-state index contributed by atoms with van der Waals surface area (Å²) in [6.07, 6.45) is 7.41. The maximum atomic E-state index is 11.7. The normalized spacial score (nSPS) is 16.2. The van der Waals surface area contributed by atoms with Crippen molar-refractivity contribution in [2.45, 2.75) is 32.7 Å². The highest BCUT2D eigenvalue weighted by molar-refractivity contribution is 9.10. The Labute approximate surface area is 280 Å². The molecule has 0 aliphatic carbocycles. The van der Waals surface area contributed by atoms with Gasteiger partial charge in [0.15, 0.2) is 0 Å². The molecule has 0 unspecified atom stereocenters. The van der Waals surface area contributed by atoms with Gasteiger partial charge >= 0.3 is 0 Å². The molecule has 2 aliphatic rings. The van der Waals surface area contributed by atoms with Gasteiger partial charge in [-0.05, 0) is 72.8 Å². The first-order valence-corrected chi connectivity index (χ1v) is 18.7. The minimum atomic E-state index is -0.474. The third-order valence-electron chi connectivity index (χ3n) is 8.90. The number of nitrogens with zero attached hydrogens (tertiary/aromatic N) is 7. The van der Waals surface area contributed by atoms with Crippen molar-refractivity contribution in [3.63, 3.8) is 0 Å². The predicted octanol–water partition coefficient (Wildman–Crippen LogP) is 5.49. The number of halogens is 1. The molecule has 2 aliphatic heterocycles. The lowest BCUT2D eigenvalue weighted by molar-refractivity contribution is -0.130. The summed E-state index contributed by atoms with van der Waals surface area (Å²) in [5.41, 5.74) is 5.89. The van der Waals surface area contributed by atoms with Gasteiger partial charge in [-0.15, -0.1) is 0 Å². The van der Waals surface area contributed by atoms with Gasteiger partial charge in [0, 0.05) is 93.6 Å². The third-order valence-corrected chi connectivity index (χ3v) is 10.8. The standard InChI is InChI=1S/C33H41BrN9O2P/c1-21-18-27(29(45-3)19-28(21)43-12-8-23(9-13-43)42-16-14-41(15-17-42)22(2)44)39-33-37-20-24(34)32(40-33)38-26-7-6-25-30(31(26)46(4)5)36-11-10-35-25/h6-7,10-11,18-20,23H,8-9,12-17H2,1-5H3,(H2,37,38,39,40). The number of rotatable bonds is 8. The van der Waals surface area contributed by atoms with Gasteiger partial charge in [-0.2, -0.15) is 4.98 Å². The molecule has 46 heavy (non-hydrogen) atoms. The summed E-state index contributed by atoms with van der Waals surface area (Å²) in [5.74, 6) is 2.02. The Kier molecular flexibility index (Phi) is 9.86. The van der Waals surface area contributed by atoms with E-state index < -0.39 is 7.92 Å². The van der Waals surface area contributed by atoms with Gasteiger partial charge in [-0.3, -0.25) is 19.7 Å². The molecule has 1 amide bonds. The number of aromatic nitrogens is 4. The Hall–Kier alpha value is -3.60. The van der Waals surface area contributed by atoms with Crippen LogP contribution in [0.2, 0.25) is 0 Å². The molecule has 4 heterocycles. The van der Waals surface area contributed by atoms with E-state index in [0.29, 0.717) is 17.8 Å². The molecule has 2 N–H and O–H groups in total. The maximum absolute atomic E-state index is 11.7. The van der Waals surface area contributed by atoms with E-state index in [4.69, 9.17) is 9.72 Å². The summed E-state index contributed by atoms with van der Waals surface area (Å²) >= 11 is 3.63. The lowest BCUT2D eigenvalue weighted by atomic mass is 10.0. The average Bonchev–Trinajstić information content (AvgIpc) is 3.06. The van der Waals surface area contributed by atoms with E-state index in [0.717, 1.165) is 95.6 Å². The largest absolute Gasteiger partial charge is 0.494 e. The lowest BCUT2D eigenvalue weighted by Crippen LogP contribution is -2.54. The zero-order valence-electron chi connectivity index (χ0n) is 27.0. The van der Waals surface area contributed by atoms with Gasteiger partial charge < -0.3 is 25.2 Å². The van der Waals surface area contributed by atoms with Crippen LogP contribution in [0.1, 0.15) is 25.3 Å². The smallest absolute Gasteiger partial charge is 0.229 e. The van der Waals surface area contributed by atoms with Crippen LogP contribution < -0.4 is 25.6 Å². The summed E-state index contributed by atoms with van der Waals surface area (Å²) in [4.78, 5) is 37.2. The highest BCUT2D eigenvalue weighted by Crippen LogP contribution is 2.37. The minimum Gasteiger partial charge on any atom is -0.494 e. The fourth-order valence-corrected chi connectivity index (χ4v) is 8.00. The number of ether oxygens (including phenoxy) is 1. The van der Waals surface area contributed by atoms with E-state index in [1.807, 2.05) is 17.0 Å². The molecule has 0 atom stereocenters. The average molecular weight is 707 g/mol. The number of anilines is 5. The molecule has 6 rings (SSSR count). The van der Waals surface area contributed by atoms with Crippen LogP contribution in [0.3, 0.4) is 0 Å². The van der Waals surface area contributed by atoms with Crippen molar-refractivity contribution in [3.05, 3.63) is 52.9 Å². The van der Waals surface area contributed by atoms with Gasteiger partial charge in [0.2, 0.25) is 11.9 Å². The minimum absolute atomic E-state index is 0.179. The second kappa shape index (κ2) is 14.0. The van der Waals surface area contributed by atoms with Crippen LogP contribution >= 0.6 is 23.9 Å². The van der Waals surface area contributed by atoms with Crippen molar-refractivity contribution in [1.29, 1.82) is 0 Å². The zero-order chi connectivity index (χ0) is 32.4. The third kappa shape index (κ3) is 6.89. The first kappa shape index (κ1) is 32.3. The number of piperazine rings is 1. The van der Waals surface area contributed by atoms with Crippen LogP contribution in [-0.4, -0.2) is 101 Å². The number of fused-ring (bicyclic) bond motifs is 1. The summed E-state index contributed by atoms with van der Waals surface area (Å²) in [6.45, 7) is 13.8. The first-order chi connectivity index (χ1) is 22.2. The van der Waals surface area contributed by atoms with Crippen molar-refractivity contribution >= 4 is 74.9 Å². The van der Waals surface area contributed by atoms with Gasteiger partial charge in [-0.1, -0.05) is 7.92 Å². The molecule has 0 spiro atoms. The predicted molar refractivity (Wildman–Crippen MR) is 191 cm³/mol. The summed E-state index contributed by atoms with van der Waals surface area (Å²) in [5, 5.41) is 8.06. The fraction of sp³-hybridized carbons (Fsp3) is 0.424. The lowest BCUT2D eigenvalue weighted by Gasteiger charge is -2.43. The number of amides is 1. The van der Waals surface area contributed by atoms with E-state index in [2.05, 4.69) is 83.7 Å². The van der Waals surface area contributed by atoms with Gasteiger partial charge in [0.05, 0.1) is 28.3 Å². The molecular formula is C33H41BrN9O2P. The summed E-state index contributed by atoms with van der Waals surface area (Å²) in [7, 11) is 1.22. The Bertz CT molecular complexity index is 1720. The highest BCUT2D eigenvalue weighted by atomic mass is 79.9. The number of hydrogen-bond acceptors (Lipinski definition) is 10. The van der Waals surface area contributed by atoms with E-state index in [9.17, 15) is 4.79 Å². The number of methoxy groups -OCH3 is 1. The second-order valence-electron chi connectivity index (χ2n) is 12.0. The number of carbonyl (C=O) groups excluding carboxylic acids is 1. The molecule has 2 aromatic carbocycles. The van der Waals surface area contributed by atoms with Crippen molar-refractivity contribution in [2.24, 2.45) is 0 Å². The van der Waals surface area contributed by atoms with Crippen molar-refractivity contribution in [1.82, 2.24) is 29.7 Å². The Morgan fingerprint density at radius 2 is 1.72 bits per heavy atom. The molecule has 13 heteroatoms. The highest BCUT2D eigenvalue weighted by Gasteiger charge is 2.29. The molecule has 2 fully saturated rings. The molecule has 0 radical (unpaired) electrons. The Morgan fingerprint density at radius 1 is 0.978 bits per heavy atom. The van der Waals surface area contributed by atoms with Crippen molar-refractivity contribution in [2.75, 3.05) is 75.2 Å². The second-order valence-corrected chi connectivity index (χ2v) is 15.1. The number of piperidine rings is 1. The van der Waals surface area contributed by atoms with Crippen molar-refractivity contribution < 1.29 is 9.53 Å². The number of carbonyl (C=O) groups is 1. The Balaban J connectivity index is 1.16. The van der Waals surface area contributed by atoms with Crippen LogP contribution in [0.15, 0.2) is 47.3 Å². The van der Waals surface area contributed by atoms with Crippen LogP contribution in [0.25, 0.3) is 11.0 Å². The topological polar surface area (TPSA) is 112 Å². The fourth-order valence-electron chi connectivity index (χ4n) is 6.50. The van der Waals surface area contributed by atoms with Crippen molar-refractivity contribution in [3.8, 4) is 5.75 Å². The van der Waals surface area contributed by atoms with Crippen LogP contribution in [0.5, 0.6) is 5.75 Å². The van der Waals surface area contributed by atoms with E-state index in [1.165, 1.54) is 5.69 Å². The number of benzene rings is 2. The Morgan fingerprint density at radius 3 is 2.41 bits per heavy atom. The van der Waals surface area contributed by atoms with E-state index >= 15 is 0 Å². The molecule has 2 saturated heterocycles. The van der Waals surface area contributed by atoms with Gasteiger partial charge in [-0.25, -0.2) is 4.98 Å². The molecule has 2 aromatic heterocycles. The SMILES string of the molecule is COc1cc(N2CCC(N3CCN(C(C)=O)CC3)CC2)c(C)cc1Nc1ncc(Br)c(Nc2ccc3nccnc3c2P(C)C)n1. The first-order valence-electron chi connectivity index (χ1n) is 15.6. The van der Waals surface area contributed by atoms with Crippen LogP contribution in [0, 0.1) is 6.92 Å². The summed E-state index contributed by atoms with van der Waals surface area (Å²) in [6, 6.07) is 8.82. The van der Waals surface area contributed by atoms with Gasteiger partial charge in [0.1, 0.15) is 11.6 Å². The molecule has 242 valence electrons. The molecule has 0 saturated carbocycles. The molecule has 4 aromatic rings.